The number of rotatable bonds is 6. The average molecular weight is 370 g/mol. The quantitative estimate of drug-likeness (QED) is 0.601. The summed E-state index contributed by atoms with van der Waals surface area (Å²) in [5.74, 6) is -0.710. The molecule has 0 spiro atoms. The van der Waals surface area contributed by atoms with Crippen LogP contribution in [-0.2, 0) is 20.6 Å². The zero-order chi connectivity index (χ0) is 19.2. The minimum atomic E-state index is -4.52. The third-order valence-corrected chi connectivity index (χ3v) is 2.79. The number of carbonyl (C=O) groups excluding carboxylic acids is 2. The van der Waals surface area contributed by atoms with Gasteiger partial charge in [-0.05, 0) is 25.1 Å². The summed E-state index contributed by atoms with van der Waals surface area (Å²) in [6.45, 7) is 1.14. The molecule has 11 heteroatoms. The highest BCUT2D eigenvalue weighted by Gasteiger charge is 2.30. The number of aryl methyl sites for hydroxylation is 1. The molecule has 0 unspecified atom stereocenters. The number of hydrogen-bond acceptors (Lipinski definition) is 6. The van der Waals surface area contributed by atoms with Crippen molar-refractivity contribution in [3.8, 4) is 0 Å². The molecule has 2 N–H and O–H groups in total. The van der Waals surface area contributed by atoms with Gasteiger partial charge < -0.3 is 20.0 Å². The van der Waals surface area contributed by atoms with Crippen LogP contribution in [0.1, 0.15) is 11.3 Å². The maximum atomic E-state index is 12.6. The second-order valence-corrected chi connectivity index (χ2v) is 4.95. The van der Waals surface area contributed by atoms with E-state index in [0.29, 0.717) is 12.0 Å². The number of halogens is 3. The Bertz CT molecular complexity index is 817. The number of benzene rings is 1. The van der Waals surface area contributed by atoms with Crippen LogP contribution in [0, 0.1) is 6.92 Å². The lowest BCUT2D eigenvalue weighted by Crippen LogP contribution is -2.18. The maximum absolute atomic E-state index is 12.6. The molecule has 138 valence electrons. The molecule has 26 heavy (non-hydrogen) atoms. The summed E-state index contributed by atoms with van der Waals surface area (Å²) >= 11 is 0. The molecular formula is C15H13F3N4O4. The van der Waals surface area contributed by atoms with Gasteiger partial charge in [-0.25, -0.2) is 0 Å². The van der Waals surface area contributed by atoms with Crippen molar-refractivity contribution >= 4 is 29.5 Å². The van der Waals surface area contributed by atoms with Crippen LogP contribution in [0.5, 0.6) is 0 Å². The lowest BCUT2D eigenvalue weighted by atomic mass is 10.2. The van der Waals surface area contributed by atoms with Crippen LogP contribution in [0.15, 0.2) is 40.0 Å². The van der Waals surface area contributed by atoms with Crippen LogP contribution in [0.3, 0.4) is 0 Å². The number of anilines is 2. The van der Waals surface area contributed by atoms with Crippen LogP contribution >= 0.6 is 0 Å². The van der Waals surface area contributed by atoms with Gasteiger partial charge in [-0.1, -0.05) is 16.4 Å². The molecule has 1 aromatic carbocycles. The molecule has 0 aliphatic rings. The summed E-state index contributed by atoms with van der Waals surface area (Å²) in [6.07, 6.45) is -3.83. The third-order valence-electron chi connectivity index (χ3n) is 2.79. The number of aromatic nitrogens is 1. The molecule has 0 saturated carbocycles. The van der Waals surface area contributed by atoms with E-state index in [4.69, 9.17) is 4.52 Å². The number of carbonyl (C=O) groups is 2. The van der Waals surface area contributed by atoms with Crippen LogP contribution in [0.2, 0.25) is 0 Å². The normalized spacial score (nSPS) is 11.4. The van der Waals surface area contributed by atoms with Crippen LogP contribution in [-0.4, -0.2) is 29.8 Å². The van der Waals surface area contributed by atoms with Crippen molar-refractivity contribution in [3.63, 3.8) is 0 Å². The number of hydrogen-bond donors (Lipinski definition) is 2. The van der Waals surface area contributed by atoms with Crippen molar-refractivity contribution in [1.82, 2.24) is 5.16 Å². The van der Waals surface area contributed by atoms with E-state index in [1.54, 1.807) is 6.92 Å². The van der Waals surface area contributed by atoms with Gasteiger partial charge in [-0.2, -0.15) is 13.2 Å². The Hall–Kier alpha value is -3.37. The molecule has 2 amide bonds. The van der Waals surface area contributed by atoms with E-state index in [0.717, 1.165) is 18.2 Å². The van der Waals surface area contributed by atoms with Gasteiger partial charge in [0.2, 0.25) is 0 Å². The molecule has 2 aromatic rings. The van der Waals surface area contributed by atoms with Gasteiger partial charge in [0.1, 0.15) is 12.0 Å². The van der Waals surface area contributed by atoms with Crippen molar-refractivity contribution in [2.24, 2.45) is 5.16 Å². The molecule has 0 aliphatic carbocycles. The summed E-state index contributed by atoms with van der Waals surface area (Å²) in [4.78, 5) is 27.7. The molecular weight excluding hydrogens is 357 g/mol. The van der Waals surface area contributed by atoms with Crippen molar-refractivity contribution in [2.75, 3.05) is 17.2 Å². The number of alkyl halides is 3. The predicted octanol–water partition coefficient (Wildman–Crippen LogP) is 2.58. The molecule has 0 radical (unpaired) electrons. The molecule has 8 nitrogen and oxygen atoms in total. The molecule has 1 aromatic heterocycles. The molecule has 0 bridgehead atoms. The van der Waals surface area contributed by atoms with Gasteiger partial charge in [0.15, 0.2) is 12.4 Å². The first kappa shape index (κ1) is 19.0. The van der Waals surface area contributed by atoms with E-state index in [2.05, 4.69) is 25.8 Å². The Kier molecular flexibility index (Phi) is 5.94. The Labute approximate surface area is 145 Å². The SMILES string of the molecule is Cc1cc(NC(=O)CO/N=C/C(=O)Nc2cccc(C(F)(F)F)c2)no1. The fourth-order valence-electron chi connectivity index (χ4n) is 1.73. The summed E-state index contributed by atoms with van der Waals surface area (Å²) in [7, 11) is 0. The van der Waals surface area contributed by atoms with Crippen LogP contribution in [0.25, 0.3) is 0 Å². The summed E-state index contributed by atoms with van der Waals surface area (Å²) in [5.41, 5.74) is -0.960. The highest BCUT2D eigenvalue weighted by molar-refractivity contribution is 6.31. The summed E-state index contributed by atoms with van der Waals surface area (Å²) in [5, 5.41) is 11.4. The highest BCUT2D eigenvalue weighted by atomic mass is 19.4. The Morgan fingerprint density at radius 3 is 2.73 bits per heavy atom. The number of nitrogens with one attached hydrogen (secondary N) is 2. The Morgan fingerprint density at radius 2 is 2.08 bits per heavy atom. The van der Waals surface area contributed by atoms with Crippen molar-refractivity contribution in [1.29, 1.82) is 0 Å². The van der Waals surface area contributed by atoms with Gasteiger partial charge in [0, 0.05) is 11.8 Å². The summed E-state index contributed by atoms with van der Waals surface area (Å²) < 4.78 is 42.5. The zero-order valence-corrected chi connectivity index (χ0v) is 13.3. The van der Waals surface area contributed by atoms with E-state index in [9.17, 15) is 22.8 Å². The lowest BCUT2D eigenvalue weighted by molar-refractivity contribution is -0.137. The Balaban J connectivity index is 1.78. The molecule has 0 aliphatic heterocycles. The predicted molar refractivity (Wildman–Crippen MR) is 84.4 cm³/mol. The second kappa shape index (κ2) is 8.14. The average Bonchev–Trinajstić information content (AvgIpc) is 2.96. The molecule has 0 saturated heterocycles. The monoisotopic (exact) mass is 370 g/mol. The van der Waals surface area contributed by atoms with Crippen molar-refractivity contribution in [3.05, 3.63) is 41.7 Å². The van der Waals surface area contributed by atoms with Crippen LogP contribution < -0.4 is 10.6 Å². The van der Waals surface area contributed by atoms with E-state index < -0.39 is 30.2 Å². The van der Waals surface area contributed by atoms with E-state index in [1.807, 2.05) is 0 Å². The van der Waals surface area contributed by atoms with E-state index in [1.165, 1.54) is 12.1 Å². The second-order valence-electron chi connectivity index (χ2n) is 4.95. The van der Waals surface area contributed by atoms with Gasteiger partial charge in [0.05, 0.1) is 5.56 Å². The van der Waals surface area contributed by atoms with Gasteiger partial charge >= 0.3 is 6.18 Å². The standard InChI is InChI=1S/C15H13F3N4O4/c1-9-5-12(22-26-9)21-14(24)8-25-19-7-13(23)20-11-4-2-3-10(6-11)15(16,17)18/h2-7H,8H2,1H3,(H,20,23)(H,21,22,24)/b19-7+. The zero-order valence-electron chi connectivity index (χ0n) is 13.3. The first-order chi connectivity index (χ1) is 12.2. The number of oxime groups is 1. The van der Waals surface area contributed by atoms with E-state index in [-0.39, 0.29) is 11.5 Å². The first-order valence-corrected chi connectivity index (χ1v) is 7.11. The molecule has 0 fully saturated rings. The fourth-order valence-corrected chi connectivity index (χ4v) is 1.73. The van der Waals surface area contributed by atoms with Crippen LogP contribution in [0.4, 0.5) is 24.7 Å². The molecule has 2 rings (SSSR count). The fraction of sp³-hybridized carbons (Fsp3) is 0.200. The smallest absolute Gasteiger partial charge is 0.385 e. The van der Waals surface area contributed by atoms with Crippen molar-refractivity contribution in [2.45, 2.75) is 13.1 Å². The first-order valence-electron chi connectivity index (χ1n) is 7.11. The third kappa shape index (κ3) is 5.92. The number of amides is 2. The topological polar surface area (TPSA) is 106 Å². The van der Waals surface area contributed by atoms with Gasteiger partial charge in [-0.15, -0.1) is 0 Å². The van der Waals surface area contributed by atoms with Crippen molar-refractivity contribution < 1.29 is 32.1 Å². The Morgan fingerprint density at radius 1 is 1.31 bits per heavy atom. The van der Waals surface area contributed by atoms with Gasteiger partial charge in [-0.3, -0.25) is 9.59 Å². The van der Waals surface area contributed by atoms with E-state index >= 15 is 0 Å². The molecule has 0 atom stereocenters. The largest absolute Gasteiger partial charge is 0.416 e. The summed E-state index contributed by atoms with van der Waals surface area (Å²) in [6, 6.07) is 5.59. The minimum Gasteiger partial charge on any atom is -0.385 e. The lowest BCUT2D eigenvalue weighted by Gasteiger charge is -2.08. The number of nitrogens with zero attached hydrogens (tertiary/aromatic N) is 2. The molecule has 1 heterocycles. The maximum Gasteiger partial charge on any atom is 0.416 e. The highest BCUT2D eigenvalue weighted by Crippen LogP contribution is 2.30. The van der Waals surface area contributed by atoms with Gasteiger partial charge in [0.25, 0.3) is 11.8 Å². The minimum absolute atomic E-state index is 0.0598.